The fraction of sp³-hybridized carbons (Fsp3) is 0.250. The fourth-order valence-corrected chi connectivity index (χ4v) is 2.36. The van der Waals surface area contributed by atoms with Gasteiger partial charge in [-0.1, -0.05) is 23.2 Å². The number of aryl methyl sites for hydroxylation is 1. The van der Waals surface area contributed by atoms with Crippen LogP contribution in [0, 0.1) is 6.92 Å². The van der Waals surface area contributed by atoms with E-state index in [2.05, 4.69) is 5.32 Å². The highest BCUT2D eigenvalue weighted by Gasteiger charge is 2.07. The Morgan fingerprint density at radius 2 is 1.76 bits per heavy atom. The number of nitrogen functional groups attached to an aromatic ring is 1. The molecule has 0 radical (unpaired) electrons. The van der Waals surface area contributed by atoms with Crippen LogP contribution in [0.4, 0.5) is 17.1 Å². The minimum absolute atomic E-state index is 0.0806. The van der Waals surface area contributed by atoms with Crippen LogP contribution in [0.3, 0.4) is 0 Å². The molecule has 0 bridgehead atoms. The topological polar surface area (TPSA) is 47.3 Å². The van der Waals surface area contributed by atoms with Crippen LogP contribution in [-0.2, 0) is 0 Å². The van der Waals surface area contributed by atoms with Crippen LogP contribution < -0.4 is 15.8 Å². The minimum atomic E-state index is 0.0806. The summed E-state index contributed by atoms with van der Waals surface area (Å²) in [6.07, 6.45) is 0.0806. The third-order valence-corrected chi connectivity index (χ3v) is 3.55. The Balaban J connectivity index is 2.31. The summed E-state index contributed by atoms with van der Waals surface area (Å²) in [7, 11) is 0. The summed E-state index contributed by atoms with van der Waals surface area (Å²) in [5.74, 6) is 0.710. The van der Waals surface area contributed by atoms with Gasteiger partial charge in [-0.25, -0.2) is 0 Å². The molecule has 0 heterocycles. The zero-order valence-electron chi connectivity index (χ0n) is 12.2. The van der Waals surface area contributed by atoms with Gasteiger partial charge < -0.3 is 15.8 Å². The molecule has 3 N–H and O–H groups in total. The molecule has 0 aliphatic carbocycles. The van der Waals surface area contributed by atoms with E-state index < -0.39 is 0 Å². The van der Waals surface area contributed by atoms with Gasteiger partial charge in [0.15, 0.2) is 0 Å². The summed E-state index contributed by atoms with van der Waals surface area (Å²) in [5.41, 5.74) is 8.98. The standard InChI is InChI=1S/C16H18Cl2N2O/c1-9(2)21-13-6-11(19)5-12(7-13)20-16-8-14(17)10(3)4-15(16)18/h4-9,20H,19H2,1-3H3. The molecule has 0 aliphatic heterocycles. The number of nitrogens with one attached hydrogen (secondary N) is 1. The Kier molecular flexibility index (Phi) is 4.86. The number of anilines is 3. The largest absolute Gasteiger partial charge is 0.491 e. The summed E-state index contributed by atoms with van der Waals surface area (Å²) in [5, 5.41) is 4.48. The number of rotatable bonds is 4. The molecule has 3 nitrogen and oxygen atoms in total. The molecule has 2 aromatic rings. The van der Waals surface area contributed by atoms with Crippen LogP contribution in [0.1, 0.15) is 19.4 Å². The van der Waals surface area contributed by atoms with Crippen molar-refractivity contribution in [3.05, 3.63) is 45.9 Å². The fourth-order valence-electron chi connectivity index (χ4n) is 1.93. The molecule has 0 spiro atoms. The van der Waals surface area contributed by atoms with E-state index in [9.17, 15) is 0 Å². The maximum atomic E-state index is 6.23. The Hall–Kier alpha value is -1.58. The SMILES string of the molecule is Cc1cc(Cl)c(Nc2cc(N)cc(OC(C)C)c2)cc1Cl. The van der Waals surface area contributed by atoms with Gasteiger partial charge in [0.05, 0.1) is 16.8 Å². The van der Waals surface area contributed by atoms with Crippen molar-refractivity contribution in [2.24, 2.45) is 0 Å². The molecule has 0 amide bonds. The lowest BCUT2D eigenvalue weighted by atomic mass is 10.2. The van der Waals surface area contributed by atoms with Crippen LogP contribution in [0.15, 0.2) is 30.3 Å². The van der Waals surface area contributed by atoms with E-state index in [4.69, 9.17) is 33.7 Å². The van der Waals surface area contributed by atoms with E-state index in [1.807, 2.05) is 39.0 Å². The second kappa shape index (κ2) is 6.46. The summed E-state index contributed by atoms with van der Waals surface area (Å²) in [6, 6.07) is 9.10. The number of halogens is 2. The third-order valence-electron chi connectivity index (χ3n) is 2.83. The number of nitrogens with two attached hydrogens (primary N) is 1. The second-order valence-corrected chi connectivity index (χ2v) is 5.98. The van der Waals surface area contributed by atoms with Crippen molar-refractivity contribution in [2.45, 2.75) is 26.9 Å². The van der Waals surface area contributed by atoms with Crippen LogP contribution >= 0.6 is 23.2 Å². The van der Waals surface area contributed by atoms with Gasteiger partial charge in [0, 0.05) is 28.5 Å². The van der Waals surface area contributed by atoms with E-state index in [0.717, 1.165) is 16.9 Å². The predicted octanol–water partition coefficient (Wildman–Crippen LogP) is 5.41. The Morgan fingerprint density at radius 3 is 2.43 bits per heavy atom. The molecule has 0 unspecified atom stereocenters. The van der Waals surface area contributed by atoms with Crippen molar-refractivity contribution < 1.29 is 4.74 Å². The summed E-state index contributed by atoms with van der Waals surface area (Å²) in [4.78, 5) is 0. The zero-order valence-corrected chi connectivity index (χ0v) is 13.7. The molecule has 0 saturated heterocycles. The molecule has 0 atom stereocenters. The van der Waals surface area contributed by atoms with Gasteiger partial charge in [-0.2, -0.15) is 0 Å². The lowest BCUT2D eigenvalue weighted by Crippen LogP contribution is -2.06. The monoisotopic (exact) mass is 324 g/mol. The van der Waals surface area contributed by atoms with Crippen LogP contribution in [0.2, 0.25) is 10.0 Å². The third kappa shape index (κ3) is 4.19. The molecule has 2 rings (SSSR count). The van der Waals surface area contributed by atoms with E-state index in [1.165, 1.54) is 0 Å². The lowest BCUT2D eigenvalue weighted by Gasteiger charge is -2.14. The molecule has 0 saturated carbocycles. The van der Waals surface area contributed by atoms with Crippen LogP contribution in [0.5, 0.6) is 5.75 Å². The van der Waals surface area contributed by atoms with Gasteiger partial charge in [0.1, 0.15) is 5.75 Å². The Bertz CT molecular complexity index is 657. The molecule has 21 heavy (non-hydrogen) atoms. The molecule has 5 heteroatoms. The highest BCUT2D eigenvalue weighted by atomic mass is 35.5. The summed E-state index contributed by atoms with van der Waals surface area (Å²) >= 11 is 12.4. The highest BCUT2D eigenvalue weighted by Crippen LogP contribution is 2.33. The zero-order chi connectivity index (χ0) is 15.6. The first kappa shape index (κ1) is 15.8. The molecule has 0 aliphatic rings. The average Bonchev–Trinajstić information content (AvgIpc) is 2.34. The maximum Gasteiger partial charge on any atom is 0.123 e. The molecule has 2 aromatic carbocycles. The molecular weight excluding hydrogens is 307 g/mol. The van der Waals surface area contributed by atoms with Gasteiger partial charge in [0.25, 0.3) is 0 Å². The van der Waals surface area contributed by atoms with Crippen LogP contribution in [-0.4, -0.2) is 6.10 Å². The van der Waals surface area contributed by atoms with Crippen molar-refractivity contribution in [1.29, 1.82) is 0 Å². The predicted molar refractivity (Wildman–Crippen MR) is 91.1 cm³/mol. The molecule has 0 fully saturated rings. The summed E-state index contributed by atoms with van der Waals surface area (Å²) < 4.78 is 5.67. The molecule has 112 valence electrons. The van der Waals surface area contributed by atoms with Gasteiger partial charge in [-0.05, 0) is 44.5 Å². The number of hydrogen-bond acceptors (Lipinski definition) is 3. The van der Waals surface area contributed by atoms with Gasteiger partial charge >= 0.3 is 0 Å². The van der Waals surface area contributed by atoms with E-state index in [0.29, 0.717) is 21.5 Å². The van der Waals surface area contributed by atoms with Crippen molar-refractivity contribution >= 4 is 40.3 Å². The number of benzene rings is 2. The van der Waals surface area contributed by atoms with E-state index in [1.54, 1.807) is 12.1 Å². The van der Waals surface area contributed by atoms with E-state index >= 15 is 0 Å². The number of ether oxygens (including phenoxy) is 1. The van der Waals surface area contributed by atoms with Crippen LogP contribution in [0.25, 0.3) is 0 Å². The molecule has 0 aromatic heterocycles. The van der Waals surface area contributed by atoms with Gasteiger partial charge in [0.2, 0.25) is 0 Å². The maximum absolute atomic E-state index is 6.23. The molecular formula is C16H18Cl2N2O. The van der Waals surface area contributed by atoms with Crippen molar-refractivity contribution in [1.82, 2.24) is 0 Å². The van der Waals surface area contributed by atoms with Crippen molar-refractivity contribution in [2.75, 3.05) is 11.1 Å². The lowest BCUT2D eigenvalue weighted by molar-refractivity contribution is 0.242. The normalized spacial score (nSPS) is 10.8. The quantitative estimate of drug-likeness (QED) is 0.738. The van der Waals surface area contributed by atoms with Gasteiger partial charge in [-0.3, -0.25) is 0 Å². The van der Waals surface area contributed by atoms with Crippen molar-refractivity contribution in [3.63, 3.8) is 0 Å². The highest BCUT2D eigenvalue weighted by molar-refractivity contribution is 6.35. The van der Waals surface area contributed by atoms with Crippen molar-refractivity contribution in [3.8, 4) is 5.75 Å². The van der Waals surface area contributed by atoms with E-state index in [-0.39, 0.29) is 6.10 Å². The number of hydrogen-bond donors (Lipinski definition) is 2. The smallest absolute Gasteiger partial charge is 0.123 e. The van der Waals surface area contributed by atoms with Gasteiger partial charge in [-0.15, -0.1) is 0 Å². The first-order chi connectivity index (χ1) is 9.85. The Labute approximate surface area is 135 Å². The summed E-state index contributed by atoms with van der Waals surface area (Å²) in [6.45, 7) is 5.84. The second-order valence-electron chi connectivity index (χ2n) is 5.16. The Morgan fingerprint density at radius 1 is 1.05 bits per heavy atom. The minimum Gasteiger partial charge on any atom is -0.491 e. The first-order valence-electron chi connectivity index (χ1n) is 6.65. The average molecular weight is 325 g/mol. The first-order valence-corrected chi connectivity index (χ1v) is 7.40.